The lowest BCUT2D eigenvalue weighted by Gasteiger charge is -2.32. The Morgan fingerprint density at radius 1 is 1.12 bits per heavy atom. The van der Waals surface area contributed by atoms with Crippen molar-refractivity contribution >= 4 is 28.6 Å². The Morgan fingerprint density at radius 2 is 1.88 bits per heavy atom. The lowest BCUT2D eigenvalue weighted by atomic mass is 9.88. The second-order valence-corrected chi connectivity index (χ2v) is 10.3. The van der Waals surface area contributed by atoms with Crippen LogP contribution in [0.15, 0.2) is 48.5 Å². The second-order valence-electron chi connectivity index (χ2n) is 9.85. The first-order valence-corrected chi connectivity index (χ1v) is 13.2. The summed E-state index contributed by atoms with van der Waals surface area (Å²) in [6.45, 7) is -1.62. The van der Waals surface area contributed by atoms with Crippen molar-refractivity contribution in [2.24, 2.45) is 7.05 Å². The fourth-order valence-corrected chi connectivity index (χ4v) is 5.30. The maximum Gasteiger partial charge on any atom is 0.387 e. The highest BCUT2D eigenvalue weighted by molar-refractivity contribution is 6.30. The fraction of sp³-hybridized carbons (Fsp3) is 0.310. The Balaban J connectivity index is 1.30. The number of nitrogens with zero attached hydrogens (tertiary/aromatic N) is 3. The Bertz CT molecular complexity index is 1590. The summed E-state index contributed by atoms with van der Waals surface area (Å²) in [6, 6.07) is 11.4. The highest BCUT2D eigenvalue weighted by atomic mass is 35.5. The van der Waals surface area contributed by atoms with Gasteiger partial charge in [-0.05, 0) is 62.2 Å². The lowest BCUT2D eigenvalue weighted by molar-refractivity contribution is -0.0489. The molecule has 1 fully saturated rings. The van der Waals surface area contributed by atoms with Gasteiger partial charge in [-0.15, -0.1) is 0 Å². The zero-order chi connectivity index (χ0) is 29.3. The molecule has 1 N–H and O–H groups in total. The van der Waals surface area contributed by atoms with Gasteiger partial charge in [-0.1, -0.05) is 29.8 Å². The molecule has 41 heavy (non-hydrogen) atoms. The first-order valence-electron chi connectivity index (χ1n) is 12.9. The fourth-order valence-electron chi connectivity index (χ4n) is 5.15. The second kappa shape index (κ2) is 12.0. The number of aromatic nitrogens is 2. The van der Waals surface area contributed by atoms with E-state index in [9.17, 15) is 27.5 Å². The number of alkyl halides is 2. The molecule has 0 saturated carbocycles. The molecule has 0 atom stereocenters. The number of ether oxygens (including phenoxy) is 2. The summed E-state index contributed by atoms with van der Waals surface area (Å²) in [6.07, 6.45) is 1.37. The van der Waals surface area contributed by atoms with Crippen LogP contribution in [0.5, 0.6) is 11.5 Å². The van der Waals surface area contributed by atoms with Crippen molar-refractivity contribution in [3.8, 4) is 11.5 Å². The number of aromatic carboxylic acids is 1. The number of carboxylic acids is 1. The molecule has 0 bridgehead atoms. The number of benzene rings is 3. The van der Waals surface area contributed by atoms with E-state index in [1.807, 2.05) is 6.07 Å². The molecule has 2 heterocycles. The smallest absolute Gasteiger partial charge is 0.387 e. The summed E-state index contributed by atoms with van der Waals surface area (Å²) in [5.41, 5.74) is 1.30. The average molecular weight is 592 g/mol. The third-order valence-electron chi connectivity index (χ3n) is 7.28. The van der Waals surface area contributed by atoms with Crippen molar-refractivity contribution in [1.82, 2.24) is 14.5 Å². The molecule has 5 rings (SSSR count). The monoisotopic (exact) mass is 591 g/mol. The maximum atomic E-state index is 14.8. The predicted octanol–water partition coefficient (Wildman–Crippen LogP) is 6.76. The lowest BCUT2D eigenvalue weighted by Crippen LogP contribution is -2.33. The number of imidazole rings is 1. The minimum absolute atomic E-state index is 0.00312. The molecular formula is C29H26ClF4N3O4. The summed E-state index contributed by atoms with van der Waals surface area (Å²) < 4.78 is 67.0. The highest BCUT2D eigenvalue weighted by Gasteiger charge is 2.27. The standard InChI is InChI=1S/C29H26ClF4N3O4/c1-36-23-11-18(28(38)39)12-24(41-29(33)34)26(23)35-25(36)14-37-9-7-16(8-10-37)20-3-2-4-21(31)27(20)40-15-17-5-6-19(30)13-22(17)32/h2-6,11-13,16,29H,7-10,14-15H2,1H3,(H,38,39). The van der Waals surface area contributed by atoms with Crippen LogP contribution in [-0.4, -0.2) is 45.2 Å². The minimum atomic E-state index is -3.13. The molecule has 1 aliphatic rings. The van der Waals surface area contributed by atoms with Crippen molar-refractivity contribution in [2.45, 2.75) is 38.5 Å². The summed E-state index contributed by atoms with van der Waals surface area (Å²) >= 11 is 5.82. The van der Waals surface area contributed by atoms with E-state index in [1.54, 1.807) is 23.7 Å². The number of halogens is 5. The maximum absolute atomic E-state index is 14.8. The van der Waals surface area contributed by atoms with Gasteiger partial charge in [0.25, 0.3) is 0 Å². The minimum Gasteiger partial charge on any atom is -0.485 e. The van der Waals surface area contributed by atoms with Gasteiger partial charge in [-0.2, -0.15) is 8.78 Å². The van der Waals surface area contributed by atoms with Crippen LogP contribution in [0.25, 0.3) is 11.0 Å². The zero-order valence-electron chi connectivity index (χ0n) is 21.9. The number of hydrogen-bond acceptors (Lipinski definition) is 5. The number of likely N-dealkylation sites (tertiary alicyclic amines) is 1. The molecule has 1 aliphatic heterocycles. The number of piperidine rings is 1. The number of rotatable bonds is 9. The van der Waals surface area contributed by atoms with Gasteiger partial charge in [0.05, 0.1) is 17.6 Å². The Kier molecular flexibility index (Phi) is 8.37. The molecule has 12 heteroatoms. The van der Waals surface area contributed by atoms with Crippen molar-refractivity contribution in [3.05, 3.63) is 87.7 Å². The summed E-state index contributed by atoms with van der Waals surface area (Å²) in [7, 11) is 1.69. The van der Waals surface area contributed by atoms with E-state index in [0.717, 1.165) is 6.07 Å². The molecule has 1 aromatic heterocycles. The number of aryl methyl sites for hydroxylation is 1. The first kappa shape index (κ1) is 28.7. The van der Waals surface area contributed by atoms with Gasteiger partial charge >= 0.3 is 12.6 Å². The molecule has 0 aliphatic carbocycles. The van der Waals surface area contributed by atoms with Crippen LogP contribution < -0.4 is 9.47 Å². The van der Waals surface area contributed by atoms with Crippen LogP contribution in [0.3, 0.4) is 0 Å². The van der Waals surface area contributed by atoms with Crippen molar-refractivity contribution < 1.29 is 36.9 Å². The van der Waals surface area contributed by atoms with Crippen molar-refractivity contribution in [3.63, 3.8) is 0 Å². The van der Waals surface area contributed by atoms with Gasteiger partial charge in [0.15, 0.2) is 17.3 Å². The van der Waals surface area contributed by atoms with Gasteiger partial charge in [0.1, 0.15) is 23.8 Å². The van der Waals surface area contributed by atoms with Crippen LogP contribution >= 0.6 is 11.6 Å². The predicted molar refractivity (Wildman–Crippen MR) is 144 cm³/mol. The van der Waals surface area contributed by atoms with Crippen LogP contribution in [0, 0.1) is 11.6 Å². The average Bonchev–Trinajstić information content (AvgIpc) is 3.24. The van der Waals surface area contributed by atoms with Crippen molar-refractivity contribution in [1.29, 1.82) is 0 Å². The largest absolute Gasteiger partial charge is 0.485 e. The Morgan fingerprint density at radius 3 is 2.56 bits per heavy atom. The molecular weight excluding hydrogens is 566 g/mol. The molecule has 4 aromatic rings. The molecule has 7 nitrogen and oxygen atoms in total. The topological polar surface area (TPSA) is 76.8 Å². The number of carbonyl (C=O) groups is 1. The van der Waals surface area contributed by atoms with E-state index in [1.165, 1.54) is 24.3 Å². The van der Waals surface area contributed by atoms with Gasteiger partial charge in [0.2, 0.25) is 0 Å². The number of fused-ring (bicyclic) bond motifs is 1. The van der Waals surface area contributed by atoms with Gasteiger partial charge in [0, 0.05) is 23.2 Å². The molecule has 3 aromatic carbocycles. The highest BCUT2D eigenvalue weighted by Crippen LogP contribution is 2.37. The first-order chi connectivity index (χ1) is 19.6. The van der Waals surface area contributed by atoms with Crippen LogP contribution in [0.1, 0.15) is 46.1 Å². The van der Waals surface area contributed by atoms with E-state index in [2.05, 4.69) is 14.6 Å². The Labute approximate surface area is 237 Å². The van der Waals surface area contributed by atoms with Crippen molar-refractivity contribution in [2.75, 3.05) is 13.1 Å². The molecule has 0 amide bonds. The van der Waals surface area contributed by atoms with E-state index in [-0.39, 0.29) is 45.7 Å². The van der Waals surface area contributed by atoms with Crippen LogP contribution in [0.4, 0.5) is 17.6 Å². The third kappa shape index (κ3) is 6.25. The SMILES string of the molecule is Cn1c(CN2CCC(c3cccc(F)c3OCc3ccc(Cl)cc3F)CC2)nc2c(OC(F)F)cc(C(=O)O)cc21. The van der Waals surface area contributed by atoms with E-state index < -0.39 is 24.2 Å². The normalized spacial score (nSPS) is 14.6. The zero-order valence-corrected chi connectivity index (χ0v) is 22.7. The molecule has 0 spiro atoms. The molecule has 0 radical (unpaired) electrons. The van der Waals surface area contributed by atoms with Crippen LogP contribution in [0.2, 0.25) is 5.02 Å². The number of carboxylic acid groups (broad SMARTS) is 1. The quantitative estimate of drug-likeness (QED) is 0.217. The number of hydrogen-bond donors (Lipinski definition) is 1. The molecule has 216 valence electrons. The van der Waals surface area contributed by atoms with Gasteiger partial charge in [-0.3, -0.25) is 4.90 Å². The van der Waals surface area contributed by atoms with Crippen LogP contribution in [-0.2, 0) is 20.2 Å². The molecule has 0 unspecified atom stereocenters. The number of para-hydroxylation sites is 1. The van der Waals surface area contributed by atoms with E-state index >= 15 is 0 Å². The summed E-state index contributed by atoms with van der Waals surface area (Å²) in [5.74, 6) is -1.98. The van der Waals surface area contributed by atoms with E-state index in [4.69, 9.17) is 16.3 Å². The van der Waals surface area contributed by atoms with Gasteiger partial charge < -0.3 is 19.1 Å². The third-order valence-corrected chi connectivity index (χ3v) is 7.52. The molecule has 1 saturated heterocycles. The van der Waals surface area contributed by atoms with E-state index in [0.29, 0.717) is 49.4 Å². The van der Waals surface area contributed by atoms with Gasteiger partial charge in [-0.25, -0.2) is 18.6 Å². The Hall–Kier alpha value is -3.83. The summed E-state index contributed by atoms with van der Waals surface area (Å²) in [5, 5.41) is 9.66. The summed E-state index contributed by atoms with van der Waals surface area (Å²) in [4.78, 5) is 18.1.